The maximum Gasteiger partial charge on any atom is 0.0929 e. The fourth-order valence-electron chi connectivity index (χ4n) is 2.24. The van der Waals surface area contributed by atoms with Gasteiger partial charge in [-0.3, -0.25) is 10.5 Å². The highest BCUT2D eigenvalue weighted by molar-refractivity contribution is 6.31. The molecule has 0 amide bonds. The van der Waals surface area contributed by atoms with Crippen molar-refractivity contribution in [2.24, 2.45) is 12.9 Å². The van der Waals surface area contributed by atoms with Crippen LogP contribution in [0, 0.1) is 0 Å². The lowest BCUT2D eigenvalue weighted by Gasteiger charge is -2.16. The minimum absolute atomic E-state index is 0.264. The first kappa shape index (κ1) is 12.2. The number of aryl methyl sites for hydroxylation is 1. The second kappa shape index (κ2) is 4.65. The van der Waals surface area contributed by atoms with Gasteiger partial charge in [-0.2, -0.15) is 10.2 Å². The summed E-state index contributed by atoms with van der Waals surface area (Å²) in [7, 11) is 1.83. The molecule has 3 rings (SSSR count). The van der Waals surface area contributed by atoms with Crippen molar-refractivity contribution in [3.63, 3.8) is 0 Å². The first-order chi connectivity index (χ1) is 9.22. The van der Waals surface area contributed by atoms with Gasteiger partial charge in [0.1, 0.15) is 0 Å². The summed E-state index contributed by atoms with van der Waals surface area (Å²) in [6, 6.07) is 5.60. The predicted molar refractivity (Wildman–Crippen MR) is 72.6 cm³/mol. The number of hydrogen-bond donors (Lipinski definition) is 2. The molecule has 0 aliphatic rings. The van der Waals surface area contributed by atoms with Crippen LogP contribution in [0.1, 0.15) is 17.3 Å². The highest BCUT2D eigenvalue weighted by atomic mass is 35.5. The Morgan fingerprint density at radius 3 is 2.84 bits per heavy atom. The van der Waals surface area contributed by atoms with E-state index in [9.17, 15) is 0 Å². The van der Waals surface area contributed by atoms with Gasteiger partial charge in [0.25, 0.3) is 0 Å². The highest BCUT2D eigenvalue weighted by Gasteiger charge is 2.22. The van der Waals surface area contributed by atoms with E-state index < -0.39 is 0 Å². The molecule has 0 aliphatic heterocycles. The van der Waals surface area contributed by atoms with Crippen LogP contribution in [-0.2, 0) is 7.05 Å². The topological polar surface area (TPSA) is 73.2 Å². The summed E-state index contributed by atoms with van der Waals surface area (Å²) in [5.74, 6) is 5.70. The van der Waals surface area contributed by atoms with Crippen molar-refractivity contribution in [2.45, 2.75) is 6.04 Å². The molecule has 0 aliphatic carbocycles. The van der Waals surface area contributed by atoms with Gasteiger partial charge >= 0.3 is 0 Å². The average Bonchev–Trinajstić information content (AvgIpc) is 2.98. The molecule has 0 aromatic carbocycles. The number of hydrazine groups is 1. The molecular weight excluding hydrogens is 264 g/mol. The van der Waals surface area contributed by atoms with Crippen molar-refractivity contribution in [1.29, 1.82) is 0 Å². The lowest BCUT2D eigenvalue weighted by atomic mass is 10.1. The minimum Gasteiger partial charge on any atom is -0.271 e. The van der Waals surface area contributed by atoms with Gasteiger partial charge in [-0.25, -0.2) is 9.94 Å². The van der Waals surface area contributed by atoms with Crippen LogP contribution in [0.15, 0.2) is 36.8 Å². The second-order valence-corrected chi connectivity index (χ2v) is 4.64. The summed E-state index contributed by atoms with van der Waals surface area (Å²) in [6.45, 7) is 0. The number of pyridine rings is 1. The number of nitrogens with zero attached hydrogens (tertiary/aromatic N) is 4. The Bertz CT molecular complexity index is 696. The van der Waals surface area contributed by atoms with Crippen molar-refractivity contribution in [2.75, 3.05) is 0 Å². The Balaban J connectivity index is 2.18. The second-order valence-electron chi connectivity index (χ2n) is 4.23. The molecule has 0 bridgehead atoms. The summed E-state index contributed by atoms with van der Waals surface area (Å²) in [5.41, 5.74) is 5.52. The van der Waals surface area contributed by atoms with Crippen molar-refractivity contribution in [3.8, 4) is 0 Å². The predicted octanol–water partition coefficient (Wildman–Crippen LogP) is 1.27. The van der Waals surface area contributed by atoms with Crippen LogP contribution >= 0.6 is 11.6 Å². The lowest BCUT2D eigenvalue weighted by molar-refractivity contribution is 0.578. The van der Waals surface area contributed by atoms with Crippen molar-refractivity contribution in [1.82, 2.24) is 24.8 Å². The van der Waals surface area contributed by atoms with Gasteiger partial charge in [-0.05, 0) is 12.1 Å². The van der Waals surface area contributed by atoms with Gasteiger partial charge in [0.2, 0.25) is 0 Å². The number of hydrogen-bond acceptors (Lipinski definition) is 4. The normalized spacial score (nSPS) is 13.0. The van der Waals surface area contributed by atoms with Crippen LogP contribution in [0.25, 0.3) is 5.52 Å². The van der Waals surface area contributed by atoms with Crippen molar-refractivity contribution < 1.29 is 0 Å². The highest BCUT2D eigenvalue weighted by Crippen LogP contribution is 2.29. The summed E-state index contributed by atoms with van der Waals surface area (Å²) >= 11 is 6.18. The maximum atomic E-state index is 6.18. The summed E-state index contributed by atoms with van der Waals surface area (Å²) in [4.78, 5) is 0. The zero-order chi connectivity index (χ0) is 13.4. The smallest absolute Gasteiger partial charge is 0.0929 e. The van der Waals surface area contributed by atoms with Gasteiger partial charge in [0.15, 0.2) is 0 Å². The molecule has 98 valence electrons. The number of nitrogens with one attached hydrogen (secondary N) is 1. The Morgan fingerprint density at radius 2 is 2.16 bits per heavy atom. The van der Waals surface area contributed by atoms with Gasteiger partial charge in [-0.1, -0.05) is 17.7 Å². The van der Waals surface area contributed by atoms with E-state index in [0.29, 0.717) is 5.02 Å². The quantitative estimate of drug-likeness (QED) is 0.558. The lowest BCUT2D eigenvalue weighted by Crippen LogP contribution is -2.30. The minimum atomic E-state index is -0.264. The summed E-state index contributed by atoms with van der Waals surface area (Å²) in [6.07, 6.45) is 5.27. The molecule has 3 aromatic rings. The van der Waals surface area contributed by atoms with E-state index in [2.05, 4.69) is 15.6 Å². The van der Waals surface area contributed by atoms with E-state index >= 15 is 0 Å². The van der Waals surface area contributed by atoms with Gasteiger partial charge in [-0.15, -0.1) is 0 Å². The SMILES string of the molecule is Cn1ncc(Cl)c1C(NN)c1cnn2ccccc12. The van der Waals surface area contributed by atoms with Crippen LogP contribution in [0.3, 0.4) is 0 Å². The Hall–Kier alpha value is -1.89. The molecule has 0 fully saturated rings. The Kier molecular flexibility index (Phi) is 2.98. The van der Waals surface area contributed by atoms with Crippen LogP contribution < -0.4 is 11.3 Å². The molecule has 0 saturated carbocycles. The van der Waals surface area contributed by atoms with Crippen LogP contribution in [-0.4, -0.2) is 19.4 Å². The molecule has 3 N–H and O–H groups in total. The monoisotopic (exact) mass is 276 g/mol. The van der Waals surface area contributed by atoms with E-state index in [4.69, 9.17) is 17.4 Å². The summed E-state index contributed by atoms with van der Waals surface area (Å²) in [5, 5.41) is 9.01. The van der Waals surface area contributed by atoms with E-state index in [-0.39, 0.29) is 6.04 Å². The molecule has 7 heteroatoms. The third-order valence-electron chi connectivity index (χ3n) is 3.15. The van der Waals surface area contributed by atoms with Gasteiger partial charge in [0, 0.05) is 18.8 Å². The zero-order valence-electron chi connectivity index (χ0n) is 10.3. The van der Waals surface area contributed by atoms with Crippen molar-refractivity contribution in [3.05, 3.63) is 53.1 Å². The Morgan fingerprint density at radius 1 is 1.32 bits per heavy atom. The Labute approximate surface area is 114 Å². The van der Waals surface area contributed by atoms with E-state index in [1.54, 1.807) is 21.6 Å². The molecule has 6 nitrogen and oxygen atoms in total. The van der Waals surface area contributed by atoms with Crippen LogP contribution in [0.5, 0.6) is 0 Å². The molecule has 1 atom stereocenters. The van der Waals surface area contributed by atoms with E-state index in [0.717, 1.165) is 16.8 Å². The number of nitrogens with two attached hydrogens (primary N) is 1. The van der Waals surface area contributed by atoms with Crippen LogP contribution in [0.4, 0.5) is 0 Å². The molecule has 19 heavy (non-hydrogen) atoms. The molecule has 0 radical (unpaired) electrons. The molecule has 3 heterocycles. The first-order valence-electron chi connectivity index (χ1n) is 5.78. The number of aromatic nitrogens is 4. The summed E-state index contributed by atoms with van der Waals surface area (Å²) < 4.78 is 3.50. The van der Waals surface area contributed by atoms with Gasteiger partial charge < -0.3 is 0 Å². The molecule has 0 spiro atoms. The van der Waals surface area contributed by atoms with Gasteiger partial charge in [0.05, 0.1) is 34.7 Å². The molecule has 3 aromatic heterocycles. The van der Waals surface area contributed by atoms with Crippen molar-refractivity contribution >= 4 is 17.1 Å². The van der Waals surface area contributed by atoms with E-state index in [1.807, 2.05) is 31.4 Å². The first-order valence-corrected chi connectivity index (χ1v) is 6.16. The van der Waals surface area contributed by atoms with Crippen LogP contribution in [0.2, 0.25) is 5.02 Å². The molecule has 0 saturated heterocycles. The fraction of sp³-hybridized carbons (Fsp3) is 0.167. The third-order valence-corrected chi connectivity index (χ3v) is 3.44. The average molecular weight is 277 g/mol. The maximum absolute atomic E-state index is 6.18. The van der Waals surface area contributed by atoms with E-state index in [1.165, 1.54) is 0 Å². The third kappa shape index (κ3) is 1.90. The fourth-order valence-corrected chi connectivity index (χ4v) is 2.51. The zero-order valence-corrected chi connectivity index (χ0v) is 11.0. The number of rotatable bonds is 3. The largest absolute Gasteiger partial charge is 0.271 e. The number of fused-ring (bicyclic) bond motifs is 1. The molecule has 1 unspecified atom stereocenters. The number of halogens is 1. The molecular formula is C12H13ClN6. The standard InChI is InChI=1S/C12H13ClN6/c1-18-12(9(13)7-15-18)11(17-14)8-6-16-19-5-3-2-4-10(8)19/h2-7,11,17H,14H2,1H3.